The summed E-state index contributed by atoms with van der Waals surface area (Å²) < 4.78 is 27.9. The van der Waals surface area contributed by atoms with E-state index in [-0.39, 0.29) is 0 Å². The van der Waals surface area contributed by atoms with E-state index in [2.05, 4.69) is 91.0 Å². The van der Waals surface area contributed by atoms with Gasteiger partial charge in [-0.3, -0.25) is 0 Å². The maximum Gasteiger partial charge on any atom is 0.171 e. The molecule has 8 aromatic carbocycles. The number of aromatic nitrogens is 1. The number of para-hydroxylation sites is 2. The molecule has 3 heterocycles. The molecular formula is C51H32NO3P. The first-order chi connectivity index (χ1) is 27.6. The van der Waals surface area contributed by atoms with Gasteiger partial charge in [0.2, 0.25) is 0 Å². The van der Waals surface area contributed by atoms with Crippen molar-refractivity contribution in [2.75, 3.05) is 0 Å². The van der Waals surface area contributed by atoms with Crippen molar-refractivity contribution < 1.29 is 13.4 Å². The maximum absolute atomic E-state index is 14.9. The summed E-state index contributed by atoms with van der Waals surface area (Å²) in [4.78, 5) is 5.34. The number of furan rings is 2. The third kappa shape index (κ3) is 5.00. The van der Waals surface area contributed by atoms with Crippen LogP contribution in [0.2, 0.25) is 0 Å². The van der Waals surface area contributed by atoms with Crippen LogP contribution in [0.3, 0.4) is 0 Å². The third-order valence-electron chi connectivity index (χ3n) is 11.0. The van der Waals surface area contributed by atoms with Crippen LogP contribution in [0.1, 0.15) is 0 Å². The zero-order chi connectivity index (χ0) is 37.2. The highest BCUT2D eigenvalue weighted by Gasteiger charge is 2.29. The molecule has 11 aromatic rings. The molecule has 56 heavy (non-hydrogen) atoms. The second-order valence-electron chi connectivity index (χ2n) is 14.1. The van der Waals surface area contributed by atoms with Crippen molar-refractivity contribution in [1.29, 1.82) is 0 Å². The van der Waals surface area contributed by atoms with Crippen LogP contribution in [0, 0.1) is 0 Å². The fraction of sp³-hybridized carbons (Fsp3) is 0. The van der Waals surface area contributed by atoms with E-state index in [4.69, 9.17) is 13.8 Å². The lowest BCUT2D eigenvalue weighted by molar-refractivity contribution is 0.592. The minimum absolute atomic E-state index is 0.755. The van der Waals surface area contributed by atoms with Gasteiger partial charge in [0, 0.05) is 48.4 Å². The van der Waals surface area contributed by atoms with Gasteiger partial charge in [0.15, 0.2) is 12.7 Å². The van der Waals surface area contributed by atoms with E-state index < -0.39 is 7.14 Å². The van der Waals surface area contributed by atoms with Crippen LogP contribution >= 0.6 is 7.14 Å². The molecule has 0 fully saturated rings. The van der Waals surface area contributed by atoms with Crippen LogP contribution in [0.25, 0.3) is 88.3 Å². The Kier molecular flexibility index (Phi) is 7.42. The molecule has 0 radical (unpaired) electrons. The van der Waals surface area contributed by atoms with Gasteiger partial charge in [0.1, 0.15) is 22.4 Å². The summed E-state index contributed by atoms with van der Waals surface area (Å²) in [5.41, 5.74) is 10.2. The molecule has 0 saturated heterocycles. The molecule has 0 spiro atoms. The van der Waals surface area contributed by atoms with Crippen molar-refractivity contribution in [3.63, 3.8) is 0 Å². The lowest BCUT2D eigenvalue weighted by atomic mass is 9.93. The number of hydrogen-bond acceptors (Lipinski definition) is 4. The number of benzene rings is 8. The molecule has 0 aliphatic heterocycles. The largest absolute Gasteiger partial charge is 0.456 e. The van der Waals surface area contributed by atoms with Crippen molar-refractivity contribution in [3.8, 4) is 33.5 Å². The van der Waals surface area contributed by atoms with Gasteiger partial charge >= 0.3 is 0 Å². The zero-order valence-corrected chi connectivity index (χ0v) is 31.0. The Hall–Kier alpha value is -7.00. The Labute approximate surface area is 322 Å². The van der Waals surface area contributed by atoms with Crippen molar-refractivity contribution in [1.82, 2.24) is 4.98 Å². The Morgan fingerprint density at radius 3 is 1.52 bits per heavy atom. The molecule has 0 amide bonds. The number of nitrogens with zero attached hydrogens (tertiary/aromatic N) is 1. The molecule has 3 aromatic heterocycles. The molecular weight excluding hydrogens is 706 g/mol. The van der Waals surface area contributed by atoms with Gasteiger partial charge in [-0.15, -0.1) is 0 Å². The Morgan fingerprint density at radius 1 is 0.375 bits per heavy atom. The summed E-state index contributed by atoms with van der Waals surface area (Å²) in [6.45, 7) is 0. The lowest BCUT2D eigenvalue weighted by Gasteiger charge is -2.20. The van der Waals surface area contributed by atoms with Crippen molar-refractivity contribution >= 4 is 77.8 Å². The smallest absolute Gasteiger partial charge is 0.171 e. The number of pyridine rings is 1. The summed E-state index contributed by atoms with van der Waals surface area (Å²) in [5, 5.41) is 7.77. The SMILES string of the molecule is O=P(c1ccccc1)(c1ccccc1)c1ccc(-c2ccc(-c3nc4cccc(-c5cccc6oc7ccccc7c56)c4c4c3oc3ccccc34)cc2)cc1. The van der Waals surface area contributed by atoms with E-state index in [0.29, 0.717) is 0 Å². The molecule has 4 nitrogen and oxygen atoms in total. The van der Waals surface area contributed by atoms with Crippen LogP contribution in [0.4, 0.5) is 0 Å². The predicted molar refractivity (Wildman–Crippen MR) is 232 cm³/mol. The van der Waals surface area contributed by atoms with Crippen molar-refractivity contribution in [2.45, 2.75) is 0 Å². The summed E-state index contributed by atoms with van der Waals surface area (Å²) in [6, 6.07) is 65.3. The summed E-state index contributed by atoms with van der Waals surface area (Å²) in [5.74, 6) is 0. The van der Waals surface area contributed by atoms with Crippen molar-refractivity contribution in [2.24, 2.45) is 0 Å². The Balaban J connectivity index is 1.03. The highest BCUT2D eigenvalue weighted by atomic mass is 31.2. The molecule has 0 aliphatic rings. The average Bonchev–Trinajstić information content (AvgIpc) is 3.86. The molecule has 0 unspecified atom stereocenters. The van der Waals surface area contributed by atoms with Gasteiger partial charge in [0.05, 0.1) is 5.52 Å². The molecule has 0 atom stereocenters. The van der Waals surface area contributed by atoms with Crippen LogP contribution in [-0.2, 0) is 4.57 Å². The third-order valence-corrected chi connectivity index (χ3v) is 14.1. The van der Waals surface area contributed by atoms with E-state index in [9.17, 15) is 4.57 Å². The van der Waals surface area contributed by atoms with E-state index >= 15 is 0 Å². The quantitative estimate of drug-likeness (QED) is 0.159. The van der Waals surface area contributed by atoms with Gasteiger partial charge in [-0.25, -0.2) is 4.98 Å². The lowest BCUT2D eigenvalue weighted by Crippen LogP contribution is -2.24. The molecule has 0 saturated carbocycles. The van der Waals surface area contributed by atoms with Crippen LogP contribution in [0.5, 0.6) is 0 Å². The van der Waals surface area contributed by atoms with Crippen LogP contribution in [-0.4, -0.2) is 4.98 Å². The highest BCUT2D eigenvalue weighted by Crippen LogP contribution is 2.46. The first kappa shape index (κ1) is 32.4. The summed E-state index contributed by atoms with van der Waals surface area (Å²) >= 11 is 0. The molecule has 5 heteroatoms. The Bertz CT molecular complexity index is 3270. The van der Waals surface area contributed by atoms with Crippen LogP contribution in [0.15, 0.2) is 203 Å². The molecule has 264 valence electrons. The number of hydrogen-bond donors (Lipinski definition) is 0. The molecule has 0 bridgehead atoms. The van der Waals surface area contributed by atoms with E-state index in [1.165, 1.54) is 0 Å². The fourth-order valence-corrected chi connectivity index (χ4v) is 11.0. The standard InChI is InChI=1S/C51H32NO3P/c53-56(36-13-3-1-4-14-36,37-15-5-2-6-16-37)38-31-29-34(30-32-38)33-25-27-35(28-26-33)50-51-49(42-18-8-10-23-45(42)55-51)48-40(19-11-21-43(48)52-50)39-20-12-24-46-47(39)41-17-7-9-22-44(41)54-46/h1-32H. The van der Waals surface area contributed by atoms with Gasteiger partial charge in [-0.1, -0.05) is 170 Å². The van der Waals surface area contributed by atoms with E-state index in [0.717, 1.165) is 104 Å². The summed E-state index contributed by atoms with van der Waals surface area (Å²) in [7, 11) is -3.06. The van der Waals surface area contributed by atoms with Gasteiger partial charge in [-0.2, -0.15) is 0 Å². The van der Waals surface area contributed by atoms with Gasteiger partial charge in [-0.05, 0) is 46.5 Å². The van der Waals surface area contributed by atoms with E-state index in [1.807, 2.05) is 103 Å². The van der Waals surface area contributed by atoms with Crippen LogP contribution < -0.4 is 15.9 Å². The second kappa shape index (κ2) is 12.8. The molecule has 0 aliphatic carbocycles. The highest BCUT2D eigenvalue weighted by molar-refractivity contribution is 7.85. The molecule has 0 N–H and O–H groups in total. The predicted octanol–water partition coefficient (Wildman–Crippen LogP) is 12.7. The fourth-order valence-electron chi connectivity index (χ4n) is 8.35. The molecule has 11 rings (SSSR count). The Morgan fingerprint density at radius 2 is 0.857 bits per heavy atom. The minimum Gasteiger partial charge on any atom is -0.456 e. The number of rotatable bonds is 6. The van der Waals surface area contributed by atoms with Gasteiger partial charge in [0.25, 0.3) is 0 Å². The normalized spacial score (nSPS) is 12.0. The zero-order valence-electron chi connectivity index (χ0n) is 30.1. The monoisotopic (exact) mass is 737 g/mol. The maximum atomic E-state index is 14.9. The minimum atomic E-state index is -3.06. The average molecular weight is 738 g/mol. The van der Waals surface area contributed by atoms with E-state index in [1.54, 1.807) is 0 Å². The number of fused-ring (bicyclic) bond motifs is 8. The second-order valence-corrected chi connectivity index (χ2v) is 16.9. The van der Waals surface area contributed by atoms with Gasteiger partial charge < -0.3 is 13.4 Å². The first-order valence-corrected chi connectivity index (χ1v) is 20.4. The van der Waals surface area contributed by atoms with Crippen molar-refractivity contribution in [3.05, 3.63) is 194 Å². The topological polar surface area (TPSA) is 56.2 Å². The first-order valence-electron chi connectivity index (χ1n) is 18.7. The summed E-state index contributed by atoms with van der Waals surface area (Å²) in [6.07, 6.45) is 0.